The van der Waals surface area contributed by atoms with Crippen LogP contribution in [0.2, 0.25) is 5.02 Å². The number of fused-ring (bicyclic) bond motifs is 4. The summed E-state index contributed by atoms with van der Waals surface area (Å²) in [6, 6.07) is 19.4. The summed E-state index contributed by atoms with van der Waals surface area (Å²) in [5.74, 6) is 1.83. The molecule has 0 unspecified atom stereocenters. The summed E-state index contributed by atoms with van der Waals surface area (Å²) in [4.78, 5) is 36.0. The van der Waals surface area contributed by atoms with E-state index in [2.05, 4.69) is 45.0 Å². The number of anilines is 3. The molecule has 5 heterocycles. The van der Waals surface area contributed by atoms with Crippen LogP contribution in [0, 0.1) is 33.5 Å². The van der Waals surface area contributed by atoms with E-state index in [1.807, 2.05) is 54.8 Å². The zero-order chi connectivity index (χ0) is 44.7. The Morgan fingerprint density at radius 1 is 0.908 bits per heavy atom. The Morgan fingerprint density at radius 3 is 2.34 bits per heavy atom. The predicted molar refractivity (Wildman–Crippen MR) is 256 cm³/mol. The first kappa shape index (κ1) is 47.3. The monoisotopic (exact) mass is 940 g/mol. The van der Waals surface area contributed by atoms with Crippen LogP contribution < -0.4 is 20.7 Å². The molecule has 0 saturated heterocycles. The van der Waals surface area contributed by atoms with Gasteiger partial charge >= 0.3 is 0 Å². The van der Waals surface area contributed by atoms with Crippen LogP contribution in [-0.4, -0.2) is 90.1 Å². The average molecular weight is 942 g/mol. The molecule has 0 saturated carbocycles. The molecule has 8 rings (SSSR count). The smallest absolute Gasteiger partial charge is 0.228 e. The van der Waals surface area contributed by atoms with Crippen LogP contribution >= 0.6 is 36.4 Å². The molecule has 0 radical (unpaired) electrons. The number of benzene rings is 3. The quantitative estimate of drug-likeness (QED) is 0.0672. The number of hydrogen-bond acceptors (Lipinski definition) is 12. The van der Waals surface area contributed by atoms with Gasteiger partial charge in [-0.05, 0) is 105 Å². The zero-order valence-electron chi connectivity index (χ0n) is 36.4. The van der Waals surface area contributed by atoms with Crippen molar-refractivity contribution in [2.45, 2.75) is 46.6 Å². The number of carbonyl (C=O) groups excluding carboxylic acids is 2. The van der Waals surface area contributed by atoms with Crippen molar-refractivity contribution in [1.82, 2.24) is 19.7 Å². The van der Waals surface area contributed by atoms with Crippen LogP contribution in [0.1, 0.15) is 56.8 Å². The maximum Gasteiger partial charge on any atom is 0.228 e. The molecule has 0 bridgehead atoms. The molecule has 14 nitrogen and oxygen atoms in total. The maximum atomic E-state index is 14.6. The first-order valence-electron chi connectivity index (χ1n) is 21.0. The molecule has 2 aliphatic rings. The normalized spacial score (nSPS) is 13.8. The predicted octanol–water partition coefficient (Wildman–Crippen LogP) is 8.49. The van der Waals surface area contributed by atoms with Gasteiger partial charge in [-0.25, -0.2) is 9.37 Å². The van der Waals surface area contributed by atoms with Crippen LogP contribution in [0.15, 0.2) is 77.9 Å². The second-order valence-electron chi connectivity index (χ2n) is 15.4. The summed E-state index contributed by atoms with van der Waals surface area (Å²) in [7, 11) is 0. The van der Waals surface area contributed by atoms with Gasteiger partial charge in [0.15, 0.2) is 5.82 Å². The molecule has 1 atom stereocenters. The number of amides is 2. The Hall–Kier alpha value is -5.69. The lowest BCUT2D eigenvalue weighted by Gasteiger charge is -2.13. The van der Waals surface area contributed by atoms with Gasteiger partial charge in [0.1, 0.15) is 40.9 Å². The Morgan fingerprint density at radius 2 is 1.62 bits per heavy atom. The zero-order valence-corrected chi connectivity index (χ0v) is 39.0. The van der Waals surface area contributed by atoms with Gasteiger partial charge in [-0.1, -0.05) is 23.7 Å². The molecular formula is C47H50ClFN8O6S2. The fourth-order valence-electron chi connectivity index (χ4n) is 7.58. The summed E-state index contributed by atoms with van der Waals surface area (Å²) < 4.78 is 39.4. The van der Waals surface area contributed by atoms with E-state index < -0.39 is 11.9 Å². The van der Waals surface area contributed by atoms with E-state index in [-0.39, 0.29) is 43.8 Å². The molecular weight excluding hydrogens is 891 g/mol. The number of halogens is 2. The Kier molecular flexibility index (Phi) is 15.7. The van der Waals surface area contributed by atoms with Gasteiger partial charge in [-0.2, -0.15) is 13.5 Å². The third-order valence-corrected chi connectivity index (χ3v) is 12.3. The largest absolute Gasteiger partial charge is 0.491 e. The first-order chi connectivity index (χ1) is 31.0. The standard InChI is InChI=1S/C47H48ClFN8O6S.H2S/c1-27-21-40(51-26-37(27)32-22-33-24-41(58)54-44(33)38(49)23-32)50-13-14-60-15-16-61-17-18-62-19-20-63-36-11-9-35(10-12-36)52-42(59)25-39-46-56-55-30(4)57(46)47-43(28(2)29(3)64-47)45(53-39)31-5-7-34(48)8-6-31;/h5-12,21-23,26,39H,13-20,24-25H2,1-4H3,(H,50,51)(H,52,59)(H,54,58);1H2/t39-;/m0./s1. The Bertz CT molecular complexity index is 2690. The fourth-order valence-corrected chi connectivity index (χ4v) is 8.92. The number of aryl methyl sites for hydroxylation is 3. The number of nitrogens with zero attached hydrogens (tertiary/aromatic N) is 5. The number of ether oxygens (including phenoxy) is 4. The third kappa shape index (κ3) is 11.2. The summed E-state index contributed by atoms with van der Waals surface area (Å²) in [6.45, 7) is 11.5. The summed E-state index contributed by atoms with van der Waals surface area (Å²) in [5, 5.41) is 19.3. The van der Waals surface area contributed by atoms with Crippen LogP contribution in [0.25, 0.3) is 16.1 Å². The van der Waals surface area contributed by atoms with E-state index in [1.165, 1.54) is 10.9 Å². The second-order valence-corrected chi connectivity index (χ2v) is 17.0. The lowest BCUT2D eigenvalue weighted by atomic mass is 9.99. The molecule has 2 amide bonds. The van der Waals surface area contributed by atoms with E-state index in [4.69, 9.17) is 35.5 Å². The number of hydrogen-bond donors (Lipinski definition) is 3. The minimum Gasteiger partial charge on any atom is -0.491 e. The van der Waals surface area contributed by atoms with E-state index in [0.717, 1.165) is 44.4 Å². The van der Waals surface area contributed by atoms with Crippen molar-refractivity contribution in [1.29, 1.82) is 0 Å². The van der Waals surface area contributed by atoms with Crippen molar-refractivity contribution in [2.75, 3.05) is 68.7 Å². The molecule has 0 spiro atoms. The minimum atomic E-state index is -0.576. The average Bonchev–Trinajstić information content (AvgIpc) is 3.92. The number of carbonyl (C=O) groups is 2. The summed E-state index contributed by atoms with van der Waals surface area (Å²) in [6.07, 6.45) is 1.94. The topological polar surface area (TPSA) is 163 Å². The third-order valence-electron chi connectivity index (χ3n) is 10.9. The fraction of sp³-hybridized carbons (Fsp3) is 0.319. The lowest BCUT2D eigenvalue weighted by Crippen LogP contribution is -2.17. The summed E-state index contributed by atoms with van der Waals surface area (Å²) in [5.41, 5.74) is 7.82. The van der Waals surface area contributed by atoms with Gasteiger partial charge in [0.05, 0.1) is 63.9 Å². The van der Waals surface area contributed by atoms with Crippen molar-refractivity contribution in [2.24, 2.45) is 4.99 Å². The van der Waals surface area contributed by atoms with Crippen LogP contribution in [-0.2, 0) is 30.2 Å². The Labute approximate surface area is 392 Å². The lowest BCUT2D eigenvalue weighted by molar-refractivity contribution is -0.117. The molecule has 3 aromatic carbocycles. The molecule has 0 fully saturated rings. The van der Waals surface area contributed by atoms with Crippen molar-refractivity contribution >= 4 is 71.2 Å². The van der Waals surface area contributed by atoms with Gasteiger partial charge in [0, 0.05) is 45.0 Å². The first-order valence-corrected chi connectivity index (χ1v) is 22.2. The van der Waals surface area contributed by atoms with E-state index in [0.29, 0.717) is 92.0 Å². The molecule has 65 heavy (non-hydrogen) atoms. The SMILES string of the molecule is Cc1cc(NCCOCCOCCOCCOc2ccc(NC(=O)C[C@@H]3N=C(c4ccc(Cl)cc4)c4c(sc(C)c4C)-n4c(C)nnc43)cc2)ncc1-c1cc(F)c2c(c1)CC(=O)N2.S. The van der Waals surface area contributed by atoms with Crippen LogP contribution in [0.5, 0.6) is 5.75 Å². The highest BCUT2D eigenvalue weighted by atomic mass is 35.5. The number of pyridine rings is 1. The highest BCUT2D eigenvalue weighted by Gasteiger charge is 2.32. The molecule has 6 aromatic rings. The van der Waals surface area contributed by atoms with Crippen LogP contribution in [0.4, 0.5) is 21.6 Å². The number of aliphatic imine (C=N–C) groups is 1. The van der Waals surface area contributed by atoms with Gasteiger partial charge < -0.3 is 34.9 Å². The minimum absolute atomic E-state index is 0. The number of thiophene rings is 1. The molecule has 3 N–H and O–H groups in total. The highest BCUT2D eigenvalue weighted by molar-refractivity contribution is 7.59. The van der Waals surface area contributed by atoms with E-state index in [9.17, 15) is 14.0 Å². The van der Waals surface area contributed by atoms with Gasteiger partial charge in [0.25, 0.3) is 0 Å². The van der Waals surface area contributed by atoms with E-state index in [1.54, 1.807) is 41.8 Å². The highest BCUT2D eigenvalue weighted by Crippen LogP contribution is 2.40. The number of aromatic nitrogens is 4. The maximum absolute atomic E-state index is 14.6. The van der Waals surface area contributed by atoms with Gasteiger partial charge in [-0.15, -0.1) is 21.5 Å². The summed E-state index contributed by atoms with van der Waals surface area (Å²) >= 11 is 7.91. The number of nitrogens with one attached hydrogen (secondary N) is 3. The Balaban J connectivity index is 0.00000630. The van der Waals surface area contributed by atoms with Crippen LogP contribution in [0.3, 0.4) is 0 Å². The van der Waals surface area contributed by atoms with Gasteiger partial charge in [0.2, 0.25) is 11.8 Å². The van der Waals surface area contributed by atoms with Crippen molar-refractivity contribution in [3.63, 3.8) is 0 Å². The number of rotatable bonds is 19. The second kappa shape index (κ2) is 21.5. The molecule has 340 valence electrons. The van der Waals surface area contributed by atoms with Crippen molar-refractivity contribution in [3.05, 3.63) is 128 Å². The van der Waals surface area contributed by atoms with Gasteiger partial charge in [-0.3, -0.25) is 19.1 Å². The van der Waals surface area contributed by atoms with Crippen molar-refractivity contribution in [3.8, 4) is 21.9 Å². The van der Waals surface area contributed by atoms with E-state index >= 15 is 0 Å². The van der Waals surface area contributed by atoms with Crippen molar-refractivity contribution < 1.29 is 32.9 Å². The molecule has 0 aliphatic carbocycles. The molecule has 3 aromatic heterocycles. The molecule has 18 heteroatoms. The molecule has 2 aliphatic heterocycles.